The normalized spacial score (nSPS) is 14.8. The van der Waals surface area contributed by atoms with Crippen molar-refractivity contribution in [3.8, 4) is 0 Å². The molecule has 0 radical (unpaired) electrons. The van der Waals surface area contributed by atoms with E-state index in [1.165, 1.54) is 6.08 Å². The van der Waals surface area contributed by atoms with Gasteiger partial charge in [0, 0.05) is 24.2 Å². The van der Waals surface area contributed by atoms with Crippen LogP contribution in [0.15, 0.2) is 54.6 Å². The summed E-state index contributed by atoms with van der Waals surface area (Å²) in [5.41, 5.74) is 2.63. The Morgan fingerprint density at radius 3 is 2.58 bits per heavy atom. The van der Waals surface area contributed by atoms with Gasteiger partial charge in [0.15, 0.2) is 0 Å². The van der Waals surface area contributed by atoms with Gasteiger partial charge in [-0.3, -0.25) is 4.79 Å². The molecule has 5 heteroatoms. The molecule has 1 saturated heterocycles. The van der Waals surface area contributed by atoms with Gasteiger partial charge >= 0.3 is 0 Å². The van der Waals surface area contributed by atoms with Crippen LogP contribution < -0.4 is 10.2 Å². The molecule has 24 heavy (non-hydrogen) atoms. The first-order chi connectivity index (χ1) is 11.7. The van der Waals surface area contributed by atoms with Crippen molar-refractivity contribution < 1.29 is 9.53 Å². The minimum Gasteiger partial charge on any atom is -0.378 e. The van der Waals surface area contributed by atoms with Gasteiger partial charge in [-0.05, 0) is 29.8 Å². The van der Waals surface area contributed by atoms with E-state index in [4.69, 9.17) is 16.3 Å². The number of amides is 1. The maximum Gasteiger partial charge on any atom is 0.248 e. The Bertz CT molecular complexity index is 740. The summed E-state index contributed by atoms with van der Waals surface area (Å²) in [6, 6.07) is 15.2. The predicted molar refractivity (Wildman–Crippen MR) is 98.6 cm³/mol. The lowest BCUT2D eigenvalue weighted by atomic mass is 10.2. The largest absolute Gasteiger partial charge is 0.378 e. The molecule has 4 nitrogen and oxygen atoms in total. The highest BCUT2D eigenvalue weighted by Crippen LogP contribution is 2.26. The Balaban J connectivity index is 1.71. The average Bonchev–Trinajstić information content (AvgIpc) is 2.62. The molecule has 0 bridgehead atoms. The van der Waals surface area contributed by atoms with Crippen LogP contribution in [0, 0.1) is 0 Å². The number of halogens is 1. The monoisotopic (exact) mass is 342 g/mol. The van der Waals surface area contributed by atoms with Crippen molar-refractivity contribution >= 4 is 35.0 Å². The first-order valence-electron chi connectivity index (χ1n) is 7.89. The zero-order valence-electron chi connectivity index (χ0n) is 13.2. The first-order valence-corrected chi connectivity index (χ1v) is 8.27. The standard InChI is InChI=1S/C19H19ClN2O2/c20-16-6-2-1-5-15(16)9-10-19(23)21-17-7-3-4-8-18(17)22-11-13-24-14-12-22/h1-10H,11-14H2,(H,21,23). The number of carbonyl (C=O) groups is 1. The lowest BCUT2D eigenvalue weighted by Gasteiger charge is -2.30. The molecule has 1 aliphatic heterocycles. The molecule has 0 atom stereocenters. The van der Waals surface area contributed by atoms with Crippen molar-refractivity contribution in [2.45, 2.75) is 0 Å². The van der Waals surface area contributed by atoms with Crippen LogP contribution in [0.4, 0.5) is 11.4 Å². The second-order valence-electron chi connectivity index (χ2n) is 5.46. The highest BCUT2D eigenvalue weighted by Gasteiger charge is 2.15. The van der Waals surface area contributed by atoms with E-state index in [0.717, 1.165) is 30.0 Å². The minimum absolute atomic E-state index is 0.185. The number of anilines is 2. The molecule has 1 heterocycles. The highest BCUT2D eigenvalue weighted by molar-refractivity contribution is 6.32. The fraction of sp³-hybridized carbons (Fsp3) is 0.211. The van der Waals surface area contributed by atoms with Gasteiger partial charge < -0.3 is 15.0 Å². The number of hydrogen-bond acceptors (Lipinski definition) is 3. The third-order valence-electron chi connectivity index (χ3n) is 3.83. The Morgan fingerprint density at radius 2 is 1.79 bits per heavy atom. The Labute approximate surface area is 146 Å². The summed E-state index contributed by atoms with van der Waals surface area (Å²) >= 11 is 6.09. The molecule has 0 unspecified atom stereocenters. The fourth-order valence-corrected chi connectivity index (χ4v) is 2.81. The van der Waals surface area contributed by atoms with E-state index in [1.807, 2.05) is 42.5 Å². The molecule has 0 aromatic heterocycles. The van der Waals surface area contributed by atoms with Crippen LogP contribution in [0.5, 0.6) is 0 Å². The summed E-state index contributed by atoms with van der Waals surface area (Å²) in [7, 11) is 0. The van der Waals surface area contributed by atoms with E-state index in [0.29, 0.717) is 18.2 Å². The van der Waals surface area contributed by atoms with Crippen LogP contribution in [-0.2, 0) is 9.53 Å². The highest BCUT2D eigenvalue weighted by atomic mass is 35.5. The van der Waals surface area contributed by atoms with Crippen LogP contribution in [0.25, 0.3) is 6.08 Å². The van der Waals surface area contributed by atoms with Crippen molar-refractivity contribution in [1.82, 2.24) is 0 Å². The number of rotatable bonds is 4. The number of morpholine rings is 1. The van der Waals surface area contributed by atoms with Crippen LogP contribution in [0.2, 0.25) is 5.02 Å². The van der Waals surface area contributed by atoms with Gasteiger partial charge in [0.25, 0.3) is 0 Å². The van der Waals surface area contributed by atoms with E-state index in [9.17, 15) is 4.79 Å². The maximum atomic E-state index is 12.2. The molecular weight excluding hydrogens is 324 g/mol. The third-order valence-corrected chi connectivity index (χ3v) is 4.18. The molecule has 0 saturated carbocycles. The number of para-hydroxylation sites is 2. The van der Waals surface area contributed by atoms with E-state index < -0.39 is 0 Å². The van der Waals surface area contributed by atoms with Crippen LogP contribution in [-0.4, -0.2) is 32.2 Å². The quantitative estimate of drug-likeness (QED) is 0.859. The number of carbonyl (C=O) groups excluding carboxylic acids is 1. The first kappa shape index (κ1) is 16.6. The molecule has 0 aliphatic carbocycles. The lowest BCUT2D eigenvalue weighted by molar-refractivity contribution is -0.111. The van der Waals surface area contributed by atoms with Gasteiger partial charge in [-0.15, -0.1) is 0 Å². The van der Waals surface area contributed by atoms with Crippen LogP contribution in [0.3, 0.4) is 0 Å². The van der Waals surface area contributed by atoms with Crippen LogP contribution >= 0.6 is 11.6 Å². The number of benzene rings is 2. The van der Waals surface area contributed by atoms with Gasteiger partial charge in [0.05, 0.1) is 24.6 Å². The van der Waals surface area contributed by atoms with E-state index in [2.05, 4.69) is 10.2 Å². The topological polar surface area (TPSA) is 41.6 Å². The lowest BCUT2D eigenvalue weighted by Crippen LogP contribution is -2.36. The molecule has 0 spiro atoms. The van der Waals surface area contributed by atoms with Gasteiger partial charge in [-0.2, -0.15) is 0 Å². The third kappa shape index (κ3) is 4.16. The summed E-state index contributed by atoms with van der Waals surface area (Å²) in [6.45, 7) is 3.05. The second-order valence-corrected chi connectivity index (χ2v) is 5.87. The van der Waals surface area contributed by atoms with Crippen LogP contribution in [0.1, 0.15) is 5.56 Å². The van der Waals surface area contributed by atoms with Gasteiger partial charge in [0.1, 0.15) is 0 Å². The number of ether oxygens (including phenoxy) is 1. The molecule has 2 aromatic carbocycles. The number of nitrogens with one attached hydrogen (secondary N) is 1. The predicted octanol–water partition coefficient (Wildman–Crippen LogP) is 3.83. The Hall–Kier alpha value is -2.30. The number of hydrogen-bond donors (Lipinski definition) is 1. The SMILES string of the molecule is O=C(C=Cc1ccccc1Cl)Nc1ccccc1N1CCOCC1. The number of nitrogens with zero attached hydrogens (tertiary/aromatic N) is 1. The van der Waals surface area contributed by atoms with E-state index in [-0.39, 0.29) is 5.91 Å². The van der Waals surface area contributed by atoms with Crippen molar-refractivity contribution in [2.24, 2.45) is 0 Å². The summed E-state index contributed by atoms with van der Waals surface area (Å²) in [5, 5.41) is 3.57. The zero-order chi connectivity index (χ0) is 16.8. The van der Waals surface area contributed by atoms with E-state index >= 15 is 0 Å². The van der Waals surface area contributed by atoms with Gasteiger partial charge in [-0.25, -0.2) is 0 Å². The summed E-state index contributed by atoms with van der Waals surface area (Å²) in [6.07, 6.45) is 3.21. The molecule has 124 valence electrons. The molecule has 1 fully saturated rings. The summed E-state index contributed by atoms with van der Waals surface area (Å²) in [5.74, 6) is -0.185. The van der Waals surface area contributed by atoms with Crippen molar-refractivity contribution in [1.29, 1.82) is 0 Å². The van der Waals surface area contributed by atoms with Gasteiger partial charge in [0.2, 0.25) is 5.91 Å². The second kappa shape index (κ2) is 7.99. The summed E-state index contributed by atoms with van der Waals surface area (Å²) < 4.78 is 5.39. The van der Waals surface area contributed by atoms with Crippen molar-refractivity contribution in [3.05, 3.63) is 65.2 Å². The molecular formula is C19H19ClN2O2. The fourth-order valence-electron chi connectivity index (χ4n) is 2.61. The molecule has 1 aliphatic rings. The molecule has 2 aromatic rings. The molecule has 1 N–H and O–H groups in total. The van der Waals surface area contributed by atoms with Crippen molar-refractivity contribution in [2.75, 3.05) is 36.5 Å². The smallest absolute Gasteiger partial charge is 0.248 e. The average molecular weight is 343 g/mol. The molecule has 1 amide bonds. The minimum atomic E-state index is -0.185. The summed E-state index contributed by atoms with van der Waals surface area (Å²) in [4.78, 5) is 14.5. The van der Waals surface area contributed by atoms with Gasteiger partial charge in [-0.1, -0.05) is 41.9 Å². The maximum absolute atomic E-state index is 12.2. The van der Waals surface area contributed by atoms with Crippen molar-refractivity contribution in [3.63, 3.8) is 0 Å². The van der Waals surface area contributed by atoms with E-state index in [1.54, 1.807) is 12.1 Å². The molecule has 3 rings (SSSR count). The Morgan fingerprint density at radius 1 is 1.08 bits per heavy atom. The Kier molecular flexibility index (Phi) is 5.51. The zero-order valence-corrected chi connectivity index (χ0v) is 14.0.